The van der Waals surface area contributed by atoms with Gasteiger partial charge in [0.2, 0.25) is 10.0 Å². The van der Waals surface area contributed by atoms with Crippen LogP contribution in [0, 0.1) is 17.2 Å². The number of nitrogens with zero attached hydrogens (tertiary/aromatic N) is 2. The summed E-state index contributed by atoms with van der Waals surface area (Å²) in [5, 5.41) is 17.6. The van der Waals surface area contributed by atoms with Gasteiger partial charge in [0.15, 0.2) is 0 Å². The first-order valence-corrected chi connectivity index (χ1v) is 11.7. The van der Waals surface area contributed by atoms with E-state index in [4.69, 9.17) is 9.47 Å². The summed E-state index contributed by atoms with van der Waals surface area (Å²) in [6.45, 7) is 0.588. The maximum atomic E-state index is 12.9. The predicted molar refractivity (Wildman–Crippen MR) is 114 cm³/mol. The lowest BCUT2D eigenvalue weighted by Gasteiger charge is -2.12. The number of sulfonamides is 1. The Balaban J connectivity index is 1.57. The molecule has 0 spiro atoms. The van der Waals surface area contributed by atoms with Gasteiger partial charge in [0.25, 0.3) is 0 Å². The van der Waals surface area contributed by atoms with Crippen LogP contribution >= 0.6 is 0 Å². The molecular formula is C22H22N4O4S. The number of nitriles is 1. The van der Waals surface area contributed by atoms with Crippen LogP contribution in [-0.4, -0.2) is 38.4 Å². The first-order chi connectivity index (χ1) is 15.0. The van der Waals surface area contributed by atoms with Crippen molar-refractivity contribution in [3.05, 3.63) is 35.9 Å². The number of nitrogens with one attached hydrogen (secondary N) is 2. The molecule has 0 amide bonds. The van der Waals surface area contributed by atoms with Crippen LogP contribution in [0.3, 0.4) is 0 Å². The van der Waals surface area contributed by atoms with Crippen molar-refractivity contribution in [3.8, 4) is 28.8 Å². The molecule has 0 radical (unpaired) electrons. The van der Waals surface area contributed by atoms with Gasteiger partial charge in [-0.25, -0.2) is 13.1 Å². The number of hydrogen-bond donors (Lipinski definition) is 2. The zero-order chi connectivity index (χ0) is 21.6. The van der Waals surface area contributed by atoms with Crippen LogP contribution < -0.4 is 14.2 Å². The fraction of sp³-hybridized carbons (Fsp3) is 0.364. The van der Waals surface area contributed by atoms with Crippen molar-refractivity contribution in [3.63, 3.8) is 0 Å². The Morgan fingerprint density at radius 3 is 2.68 bits per heavy atom. The molecule has 0 bridgehead atoms. The molecule has 9 heteroatoms. The van der Waals surface area contributed by atoms with Gasteiger partial charge in [-0.2, -0.15) is 10.4 Å². The minimum absolute atomic E-state index is 0.0137. The molecule has 0 saturated heterocycles. The van der Waals surface area contributed by atoms with Crippen molar-refractivity contribution >= 4 is 20.9 Å². The Morgan fingerprint density at radius 2 is 2.00 bits per heavy atom. The maximum Gasteiger partial charge on any atom is 0.244 e. The van der Waals surface area contributed by atoms with E-state index in [9.17, 15) is 13.7 Å². The van der Waals surface area contributed by atoms with Crippen LogP contribution in [0.1, 0.15) is 31.2 Å². The average Bonchev–Trinajstić information content (AvgIpc) is 3.70. The molecule has 8 nitrogen and oxygen atoms in total. The van der Waals surface area contributed by atoms with E-state index in [2.05, 4.69) is 21.0 Å². The minimum atomic E-state index is -3.72. The van der Waals surface area contributed by atoms with Gasteiger partial charge >= 0.3 is 0 Å². The molecule has 1 heterocycles. The highest BCUT2D eigenvalue weighted by Gasteiger charge is 2.30. The predicted octanol–water partition coefficient (Wildman–Crippen LogP) is 3.34. The maximum absolute atomic E-state index is 12.9. The molecule has 5 rings (SSSR count). The van der Waals surface area contributed by atoms with Crippen LogP contribution in [-0.2, 0) is 10.0 Å². The number of methoxy groups -OCH3 is 1. The van der Waals surface area contributed by atoms with E-state index in [0.717, 1.165) is 31.1 Å². The topological polar surface area (TPSA) is 117 Å². The zero-order valence-corrected chi connectivity index (χ0v) is 17.8. The summed E-state index contributed by atoms with van der Waals surface area (Å²) in [4.78, 5) is 0.0781. The van der Waals surface area contributed by atoms with Crippen LogP contribution in [0.4, 0.5) is 0 Å². The second kappa shape index (κ2) is 7.55. The first-order valence-electron chi connectivity index (χ1n) is 10.2. The quantitative estimate of drug-likeness (QED) is 0.557. The number of H-pyrrole nitrogens is 1. The smallest absolute Gasteiger partial charge is 0.244 e. The Kier molecular flexibility index (Phi) is 4.84. The molecular weight excluding hydrogens is 416 g/mol. The third-order valence-electron chi connectivity index (χ3n) is 5.58. The number of hydrogen-bond acceptors (Lipinski definition) is 6. The molecule has 1 aromatic heterocycles. The van der Waals surface area contributed by atoms with E-state index in [1.807, 2.05) is 0 Å². The lowest BCUT2D eigenvalue weighted by molar-refractivity contribution is 0.299. The number of aromatic nitrogens is 2. The van der Waals surface area contributed by atoms with E-state index in [-0.39, 0.29) is 16.7 Å². The molecule has 2 N–H and O–H groups in total. The Bertz CT molecular complexity index is 1300. The zero-order valence-electron chi connectivity index (χ0n) is 17.0. The largest absolute Gasteiger partial charge is 0.495 e. The summed E-state index contributed by atoms with van der Waals surface area (Å²) < 4.78 is 39.6. The van der Waals surface area contributed by atoms with Gasteiger partial charge in [0.05, 0.1) is 24.8 Å². The van der Waals surface area contributed by atoms with Crippen molar-refractivity contribution < 1.29 is 17.9 Å². The molecule has 2 aromatic carbocycles. The molecule has 160 valence electrons. The average molecular weight is 439 g/mol. The summed E-state index contributed by atoms with van der Waals surface area (Å²) >= 11 is 0. The van der Waals surface area contributed by atoms with Crippen molar-refractivity contribution in [1.29, 1.82) is 5.26 Å². The number of benzene rings is 2. The first kappa shape index (κ1) is 19.8. The Morgan fingerprint density at radius 1 is 1.19 bits per heavy atom. The number of aromatic amines is 1. The normalized spacial score (nSPS) is 16.3. The number of rotatable bonds is 8. The molecule has 2 fully saturated rings. The third kappa shape index (κ3) is 3.96. The highest BCUT2D eigenvalue weighted by molar-refractivity contribution is 7.89. The lowest BCUT2D eigenvalue weighted by atomic mass is 10.1. The Labute approximate surface area is 180 Å². The Hall–Kier alpha value is -3.09. The van der Waals surface area contributed by atoms with E-state index < -0.39 is 10.0 Å². The summed E-state index contributed by atoms with van der Waals surface area (Å²) in [5.74, 6) is 1.35. The molecule has 2 aliphatic rings. The number of ether oxygens (including phenoxy) is 2. The van der Waals surface area contributed by atoms with Crippen LogP contribution in [0.15, 0.2) is 35.2 Å². The fourth-order valence-corrected chi connectivity index (χ4v) is 4.98. The van der Waals surface area contributed by atoms with Gasteiger partial charge in [0, 0.05) is 17.0 Å². The van der Waals surface area contributed by atoms with E-state index in [1.165, 1.54) is 7.11 Å². The van der Waals surface area contributed by atoms with Gasteiger partial charge in [-0.05, 0) is 61.9 Å². The highest BCUT2D eigenvalue weighted by atomic mass is 32.2. The summed E-state index contributed by atoms with van der Waals surface area (Å²) in [5.41, 5.74) is 2.33. The molecule has 31 heavy (non-hydrogen) atoms. The van der Waals surface area contributed by atoms with Crippen LogP contribution in [0.25, 0.3) is 22.2 Å². The molecule has 0 atom stereocenters. The molecule has 2 aliphatic carbocycles. The second-order valence-corrected chi connectivity index (χ2v) is 9.78. The molecule has 2 saturated carbocycles. The van der Waals surface area contributed by atoms with E-state index in [0.29, 0.717) is 40.6 Å². The summed E-state index contributed by atoms with van der Waals surface area (Å²) in [6.07, 6.45) is 3.99. The minimum Gasteiger partial charge on any atom is -0.495 e. The molecule has 0 aliphatic heterocycles. The van der Waals surface area contributed by atoms with Gasteiger partial charge in [-0.1, -0.05) is 0 Å². The SMILES string of the molecule is COc1ccc(-c2n[nH]c3cc(C#N)c(OCC4CC4)cc23)cc1S(=O)(=O)NC1CC1. The monoisotopic (exact) mass is 438 g/mol. The highest BCUT2D eigenvalue weighted by Crippen LogP contribution is 2.36. The molecule has 3 aromatic rings. The summed E-state index contributed by atoms with van der Waals surface area (Å²) in [7, 11) is -2.27. The second-order valence-electron chi connectivity index (χ2n) is 8.09. The van der Waals surface area contributed by atoms with Crippen LogP contribution in [0.2, 0.25) is 0 Å². The van der Waals surface area contributed by atoms with Gasteiger partial charge in [0.1, 0.15) is 28.2 Å². The lowest BCUT2D eigenvalue weighted by Crippen LogP contribution is -2.26. The summed E-state index contributed by atoms with van der Waals surface area (Å²) in [6, 6.07) is 10.6. The van der Waals surface area contributed by atoms with Crippen molar-refractivity contribution in [1.82, 2.24) is 14.9 Å². The third-order valence-corrected chi connectivity index (χ3v) is 7.12. The molecule has 0 unspecified atom stereocenters. The van der Waals surface area contributed by atoms with Gasteiger partial charge < -0.3 is 9.47 Å². The van der Waals surface area contributed by atoms with E-state index in [1.54, 1.807) is 30.3 Å². The van der Waals surface area contributed by atoms with E-state index >= 15 is 0 Å². The van der Waals surface area contributed by atoms with Crippen molar-refractivity contribution in [2.45, 2.75) is 36.6 Å². The fourth-order valence-electron chi connectivity index (χ4n) is 3.48. The van der Waals surface area contributed by atoms with Gasteiger partial charge in [-0.15, -0.1) is 0 Å². The van der Waals surface area contributed by atoms with Gasteiger partial charge in [-0.3, -0.25) is 5.10 Å². The standard InChI is InChI=1S/C22H22N4O4S/c1-29-19-7-4-14(9-21(19)31(27,28)26-16-5-6-16)22-17-10-20(30-12-13-2-3-13)15(11-23)8-18(17)24-25-22/h4,7-10,13,16,26H,2-3,5-6,12H2,1H3,(H,24,25). The van der Waals surface area contributed by atoms with Crippen LogP contribution in [0.5, 0.6) is 11.5 Å². The van der Waals surface area contributed by atoms with Crippen molar-refractivity contribution in [2.75, 3.05) is 13.7 Å². The number of fused-ring (bicyclic) bond motifs is 1. The van der Waals surface area contributed by atoms with Crippen molar-refractivity contribution in [2.24, 2.45) is 5.92 Å².